The van der Waals surface area contributed by atoms with Gasteiger partial charge in [-0.25, -0.2) is 9.37 Å². The maximum Gasteiger partial charge on any atom is 0.223 e. The molecule has 0 aliphatic carbocycles. The first-order valence-electron chi connectivity index (χ1n) is 5.10. The van der Waals surface area contributed by atoms with E-state index < -0.39 is 5.82 Å². The van der Waals surface area contributed by atoms with Crippen LogP contribution < -0.4 is 10.5 Å². The van der Waals surface area contributed by atoms with Gasteiger partial charge in [0.25, 0.3) is 0 Å². The molecule has 0 aliphatic rings. The van der Waals surface area contributed by atoms with Gasteiger partial charge in [-0.2, -0.15) is 4.98 Å². The van der Waals surface area contributed by atoms with E-state index in [9.17, 15) is 4.39 Å². The van der Waals surface area contributed by atoms with Crippen molar-refractivity contribution in [3.05, 3.63) is 41.6 Å². The third-order valence-corrected chi connectivity index (χ3v) is 2.15. The molecule has 1 aromatic heterocycles. The van der Waals surface area contributed by atoms with Gasteiger partial charge >= 0.3 is 0 Å². The average molecular weight is 233 g/mol. The van der Waals surface area contributed by atoms with Crippen LogP contribution in [0.1, 0.15) is 11.5 Å². The summed E-state index contributed by atoms with van der Waals surface area (Å²) in [5, 5.41) is 0. The molecule has 2 rings (SSSR count). The van der Waals surface area contributed by atoms with E-state index in [0.29, 0.717) is 5.82 Å². The molecule has 17 heavy (non-hydrogen) atoms. The van der Waals surface area contributed by atoms with Crippen molar-refractivity contribution >= 4 is 5.69 Å². The number of para-hydroxylation sites is 1. The van der Waals surface area contributed by atoms with Crippen molar-refractivity contribution < 1.29 is 9.13 Å². The molecule has 1 aromatic carbocycles. The zero-order valence-corrected chi connectivity index (χ0v) is 9.57. The molecule has 0 aliphatic heterocycles. The zero-order chi connectivity index (χ0) is 12.4. The van der Waals surface area contributed by atoms with Gasteiger partial charge in [0.15, 0.2) is 11.6 Å². The number of halogens is 1. The number of aryl methyl sites for hydroxylation is 2. The fourth-order valence-electron chi connectivity index (χ4n) is 1.47. The number of benzene rings is 1. The van der Waals surface area contributed by atoms with Gasteiger partial charge in [-0.3, -0.25) is 0 Å². The molecular weight excluding hydrogens is 221 g/mol. The maximum absolute atomic E-state index is 13.5. The number of aromatic nitrogens is 2. The van der Waals surface area contributed by atoms with Crippen LogP contribution in [0, 0.1) is 19.7 Å². The highest BCUT2D eigenvalue weighted by Crippen LogP contribution is 2.29. The fourth-order valence-corrected chi connectivity index (χ4v) is 1.47. The Hall–Kier alpha value is -2.17. The van der Waals surface area contributed by atoms with Crippen molar-refractivity contribution in [1.29, 1.82) is 0 Å². The van der Waals surface area contributed by atoms with Crippen molar-refractivity contribution in [1.82, 2.24) is 9.97 Å². The van der Waals surface area contributed by atoms with Crippen LogP contribution in [0.15, 0.2) is 24.3 Å². The number of ether oxygens (including phenoxy) is 1. The minimum atomic E-state index is -0.515. The summed E-state index contributed by atoms with van der Waals surface area (Å²) in [6.45, 7) is 3.55. The SMILES string of the molecule is Cc1cc(Oc2c(N)cccc2F)nc(C)n1. The highest BCUT2D eigenvalue weighted by atomic mass is 19.1. The monoisotopic (exact) mass is 233 g/mol. The van der Waals surface area contributed by atoms with Crippen LogP contribution in [0.2, 0.25) is 0 Å². The summed E-state index contributed by atoms with van der Waals surface area (Å²) < 4.78 is 18.8. The van der Waals surface area contributed by atoms with Crippen molar-refractivity contribution in [3.8, 4) is 11.6 Å². The summed E-state index contributed by atoms with van der Waals surface area (Å²) in [7, 11) is 0. The lowest BCUT2D eigenvalue weighted by molar-refractivity contribution is 0.427. The van der Waals surface area contributed by atoms with Crippen molar-refractivity contribution in [3.63, 3.8) is 0 Å². The van der Waals surface area contributed by atoms with Gasteiger partial charge in [0, 0.05) is 11.8 Å². The summed E-state index contributed by atoms with van der Waals surface area (Å²) in [6, 6.07) is 6.00. The summed E-state index contributed by atoms with van der Waals surface area (Å²) in [4.78, 5) is 8.16. The smallest absolute Gasteiger partial charge is 0.223 e. The second-order valence-electron chi connectivity index (χ2n) is 3.66. The van der Waals surface area contributed by atoms with Gasteiger partial charge in [0.2, 0.25) is 5.88 Å². The first kappa shape index (κ1) is 11.3. The molecule has 0 unspecified atom stereocenters. The second-order valence-corrected chi connectivity index (χ2v) is 3.66. The van der Waals surface area contributed by atoms with Crippen LogP contribution in [-0.2, 0) is 0 Å². The predicted molar refractivity (Wildman–Crippen MR) is 62.4 cm³/mol. The molecule has 2 N–H and O–H groups in total. The van der Waals surface area contributed by atoms with Gasteiger partial charge in [-0.15, -0.1) is 0 Å². The Bertz CT molecular complexity index is 517. The first-order valence-corrected chi connectivity index (χ1v) is 5.10. The highest BCUT2D eigenvalue weighted by Gasteiger charge is 2.10. The number of nitrogens with two attached hydrogens (primary N) is 1. The van der Waals surface area contributed by atoms with Gasteiger partial charge in [-0.05, 0) is 26.0 Å². The summed E-state index contributed by atoms with van der Waals surface area (Å²) in [5.74, 6) is 0.325. The second kappa shape index (κ2) is 4.37. The fraction of sp³-hybridized carbons (Fsp3) is 0.167. The van der Waals surface area contributed by atoms with Crippen LogP contribution in [0.4, 0.5) is 10.1 Å². The number of nitrogen functional groups attached to an aromatic ring is 1. The summed E-state index contributed by atoms with van der Waals surface area (Å²) in [5.41, 5.74) is 6.62. The van der Waals surface area contributed by atoms with Crippen LogP contribution in [-0.4, -0.2) is 9.97 Å². The quantitative estimate of drug-likeness (QED) is 0.810. The lowest BCUT2D eigenvalue weighted by Gasteiger charge is -2.09. The van der Waals surface area contributed by atoms with E-state index >= 15 is 0 Å². The Balaban J connectivity index is 2.38. The molecule has 0 radical (unpaired) electrons. The normalized spacial score (nSPS) is 10.3. The molecule has 0 spiro atoms. The molecule has 1 heterocycles. The van der Waals surface area contributed by atoms with Crippen LogP contribution in [0.5, 0.6) is 11.6 Å². The Labute approximate surface area is 98.3 Å². The third kappa shape index (κ3) is 2.50. The predicted octanol–water partition coefficient (Wildman–Crippen LogP) is 2.61. The molecule has 4 nitrogen and oxygen atoms in total. The number of rotatable bonds is 2. The Morgan fingerprint density at radius 2 is 2.00 bits per heavy atom. The largest absolute Gasteiger partial charge is 0.434 e. The van der Waals surface area contributed by atoms with E-state index in [2.05, 4.69) is 9.97 Å². The van der Waals surface area contributed by atoms with Gasteiger partial charge in [0.05, 0.1) is 5.69 Å². The standard InChI is InChI=1S/C12H12FN3O/c1-7-6-11(16-8(2)15-7)17-12-9(13)4-3-5-10(12)14/h3-6H,14H2,1-2H3. The number of hydrogen-bond donors (Lipinski definition) is 1. The van der Waals surface area contributed by atoms with Crippen LogP contribution >= 0.6 is 0 Å². The molecule has 2 aromatic rings. The van der Waals surface area contributed by atoms with E-state index in [1.54, 1.807) is 19.1 Å². The minimum Gasteiger partial charge on any atom is -0.434 e. The van der Waals surface area contributed by atoms with Gasteiger partial charge in [-0.1, -0.05) is 6.07 Å². The lowest BCUT2D eigenvalue weighted by atomic mass is 10.3. The molecule has 0 saturated carbocycles. The van der Waals surface area contributed by atoms with Crippen LogP contribution in [0.3, 0.4) is 0 Å². The van der Waals surface area contributed by atoms with Gasteiger partial charge < -0.3 is 10.5 Å². The molecule has 0 saturated heterocycles. The number of hydrogen-bond acceptors (Lipinski definition) is 4. The highest BCUT2D eigenvalue weighted by molar-refractivity contribution is 5.54. The van der Waals surface area contributed by atoms with Gasteiger partial charge in [0.1, 0.15) is 5.82 Å². The molecule has 5 heteroatoms. The van der Waals surface area contributed by atoms with E-state index in [4.69, 9.17) is 10.5 Å². The lowest BCUT2D eigenvalue weighted by Crippen LogP contribution is -1.99. The van der Waals surface area contributed by atoms with E-state index in [1.807, 2.05) is 6.92 Å². The molecule has 88 valence electrons. The molecule has 0 amide bonds. The molecule has 0 atom stereocenters. The average Bonchev–Trinajstić information content (AvgIpc) is 2.22. The maximum atomic E-state index is 13.5. The number of nitrogens with zero attached hydrogens (tertiary/aromatic N) is 2. The molecule has 0 bridgehead atoms. The Morgan fingerprint density at radius 1 is 1.24 bits per heavy atom. The van der Waals surface area contributed by atoms with Crippen molar-refractivity contribution in [2.24, 2.45) is 0 Å². The molecule has 0 fully saturated rings. The Kier molecular flexibility index (Phi) is 2.91. The topological polar surface area (TPSA) is 61.0 Å². The van der Waals surface area contributed by atoms with Crippen molar-refractivity contribution in [2.75, 3.05) is 5.73 Å². The number of anilines is 1. The van der Waals surface area contributed by atoms with Crippen molar-refractivity contribution in [2.45, 2.75) is 13.8 Å². The third-order valence-electron chi connectivity index (χ3n) is 2.15. The zero-order valence-electron chi connectivity index (χ0n) is 9.57. The summed E-state index contributed by atoms with van der Waals surface area (Å²) >= 11 is 0. The Morgan fingerprint density at radius 3 is 2.65 bits per heavy atom. The minimum absolute atomic E-state index is 0.00926. The van der Waals surface area contributed by atoms with E-state index in [-0.39, 0.29) is 17.3 Å². The van der Waals surface area contributed by atoms with E-state index in [0.717, 1.165) is 5.69 Å². The molecular formula is C12H12FN3O. The first-order chi connectivity index (χ1) is 8.06. The van der Waals surface area contributed by atoms with E-state index in [1.165, 1.54) is 12.1 Å². The van der Waals surface area contributed by atoms with Crippen LogP contribution in [0.25, 0.3) is 0 Å². The summed E-state index contributed by atoms with van der Waals surface area (Å²) in [6.07, 6.45) is 0.